The Labute approximate surface area is 124 Å². The van der Waals surface area contributed by atoms with Crippen molar-refractivity contribution in [2.75, 3.05) is 18.4 Å². The highest BCUT2D eigenvalue weighted by Gasteiger charge is 2.22. The summed E-state index contributed by atoms with van der Waals surface area (Å²) >= 11 is 3.14. The lowest BCUT2D eigenvalue weighted by molar-refractivity contribution is 0.0696. The molecular weight excluding hydrogens is 328 g/mol. The number of carbonyl (C=O) groups is 2. The smallest absolute Gasteiger partial charge is 0.336 e. The Bertz CT molecular complexity index is 535. The van der Waals surface area contributed by atoms with Crippen molar-refractivity contribution in [1.29, 1.82) is 0 Å². The molecule has 1 aliphatic rings. The maximum Gasteiger partial charge on any atom is 0.336 e. The van der Waals surface area contributed by atoms with Gasteiger partial charge in [0, 0.05) is 23.2 Å². The summed E-state index contributed by atoms with van der Waals surface area (Å²) in [5, 5.41) is 21.2. The van der Waals surface area contributed by atoms with Crippen molar-refractivity contribution in [3.8, 4) is 0 Å². The van der Waals surface area contributed by atoms with E-state index in [9.17, 15) is 14.7 Å². The van der Waals surface area contributed by atoms with Gasteiger partial charge >= 0.3 is 12.0 Å². The van der Waals surface area contributed by atoms with Gasteiger partial charge in [0.15, 0.2) is 0 Å². The average molecular weight is 343 g/mol. The van der Waals surface area contributed by atoms with Crippen LogP contribution in [0.5, 0.6) is 0 Å². The van der Waals surface area contributed by atoms with E-state index < -0.39 is 12.1 Å². The molecule has 1 unspecified atom stereocenters. The van der Waals surface area contributed by atoms with E-state index in [4.69, 9.17) is 5.11 Å². The number of piperidine rings is 1. The van der Waals surface area contributed by atoms with Gasteiger partial charge in [0.05, 0.1) is 11.7 Å². The van der Waals surface area contributed by atoms with Gasteiger partial charge in [0.25, 0.3) is 0 Å². The molecule has 3 N–H and O–H groups in total. The van der Waals surface area contributed by atoms with E-state index in [1.807, 2.05) is 0 Å². The summed E-state index contributed by atoms with van der Waals surface area (Å²) in [5.74, 6) is -1.07. The van der Waals surface area contributed by atoms with Crippen LogP contribution < -0.4 is 5.32 Å². The largest absolute Gasteiger partial charge is 0.478 e. The Morgan fingerprint density at radius 3 is 2.80 bits per heavy atom. The number of aliphatic hydroxyl groups is 1. The number of aliphatic hydroxyl groups excluding tert-OH is 1. The summed E-state index contributed by atoms with van der Waals surface area (Å²) in [6.45, 7) is 0.888. The summed E-state index contributed by atoms with van der Waals surface area (Å²) < 4.78 is 0.455. The maximum absolute atomic E-state index is 12.0. The zero-order valence-corrected chi connectivity index (χ0v) is 12.3. The summed E-state index contributed by atoms with van der Waals surface area (Å²) in [6.07, 6.45) is 0.967. The second-order valence-corrected chi connectivity index (χ2v) is 5.53. The highest BCUT2D eigenvalue weighted by atomic mass is 79.9. The zero-order valence-electron chi connectivity index (χ0n) is 10.7. The molecule has 1 heterocycles. The van der Waals surface area contributed by atoms with Crippen molar-refractivity contribution in [3.63, 3.8) is 0 Å². The first-order valence-corrected chi connectivity index (χ1v) is 7.03. The maximum atomic E-state index is 12.0. The Balaban J connectivity index is 2.07. The molecule has 1 aromatic carbocycles. The predicted octanol–water partition coefficient (Wildman–Crippen LogP) is 2.14. The molecule has 0 radical (unpaired) electrons. The fourth-order valence-electron chi connectivity index (χ4n) is 2.11. The number of β-amino-alcohol motifs (C(OH)–C–C–N with tert-alkyl or cyclic N) is 1. The van der Waals surface area contributed by atoms with Gasteiger partial charge in [0.1, 0.15) is 0 Å². The van der Waals surface area contributed by atoms with Crippen LogP contribution in [0.4, 0.5) is 10.5 Å². The van der Waals surface area contributed by atoms with E-state index in [0.717, 1.165) is 6.42 Å². The van der Waals surface area contributed by atoms with Crippen molar-refractivity contribution < 1.29 is 19.8 Å². The van der Waals surface area contributed by atoms with Crippen molar-refractivity contribution in [3.05, 3.63) is 28.2 Å². The second kappa shape index (κ2) is 6.23. The normalized spacial score (nSPS) is 18.7. The Hall–Kier alpha value is -1.60. The van der Waals surface area contributed by atoms with E-state index in [2.05, 4.69) is 21.2 Å². The lowest BCUT2D eigenvalue weighted by Crippen LogP contribution is -2.44. The molecule has 0 aliphatic carbocycles. The number of carboxylic acid groups (broad SMARTS) is 1. The standard InChI is InChI=1S/C13H15BrN2O4/c14-11-4-3-8(6-10(11)12(18)19)15-13(20)16-5-1-2-9(17)7-16/h3-4,6,9,17H,1-2,5,7H2,(H,15,20)(H,18,19). The zero-order chi connectivity index (χ0) is 14.7. The third-order valence-corrected chi connectivity index (χ3v) is 3.82. The number of hydrogen-bond acceptors (Lipinski definition) is 3. The van der Waals surface area contributed by atoms with E-state index >= 15 is 0 Å². The van der Waals surface area contributed by atoms with Crippen LogP contribution in [0.2, 0.25) is 0 Å². The Kier molecular flexibility index (Phi) is 4.61. The van der Waals surface area contributed by atoms with Gasteiger partial charge in [0.2, 0.25) is 0 Å². The summed E-state index contributed by atoms with van der Waals surface area (Å²) in [7, 11) is 0. The number of halogens is 1. The molecule has 1 aromatic rings. The molecule has 0 spiro atoms. The van der Waals surface area contributed by atoms with Crippen LogP contribution in [0.3, 0.4) is 0 Å². The van der Waals surface area contributed by atoms with Gasteiger partial charge in [-0.2, -0.15) is 0 Å². The molecule has 6 nitrogen and oxygen atoms in total. The third kappa shape index (κ3) is 3.49. The minimum Gasteiger partial charge on any atom is -0.478 e. The number of benzene rings is 1. The fourth-order valence-corrected chi connectivity index (χ4v) is 2.52. The highest BCUT2D eigenvalue weighted by Crippen LogP contribution is 2.22. The first-order chi connectivity index (χ1) is 9.47. The number of urea groups is 1. The number of anilines is 1. The molecule has 0 bridgehead atoms. The minimum absolute atomic E-state index is 0.0847. The van der Waals surface area contributed by atoms with Gasteiger partial charge < -0.3 is 20.4 Å². The van der Waals surface area contributed by atoms with Crippen LogP contribution in [-0.4, -0.2) is 46.3 Å². The molecular formula is C13H15BrN2O4. The van der Waals surface area contributed by atoms with E-state index in [-0.39, 0.29) is 11.6 Å². The van der Waals surface area contributed by atoms with E-state index in [1.54, 1.807) is 12.1 Å². The average Bonchev–Trinajstić information content (AvgIpc) is 2.40. The molecule has 1 fully saturated rings. The number of nitrogens with one attached hydrogen (secondary N) is 1. The van der Waals surface area contributed by atoms with Crippen molar-refractivity contribution in [2.24, 2.45) is 0 Å². The molecule has 1 atom stereocenters. The molecule has 2 rings (SSSR count). The van der Waals surface area contributed by atoms with Crippen LogP contribution in [-0.2, 0) is 0 Å². The van der Waals surface area contributed by atoms with Crippen molar-refractivity contribution in [1.82, 2.24) is 4.90 Å². The molecule has 1 saturated heterocycles. The quantitative estimate of drug-likeness (QED) is 0.767. The predicted molar refractivity (Wildman–Crippen MR) is 76.9 cm³/mol. The molecule has 2 amide bonds. The van der Waals surface area contributed by atoms with Crippen molar-refractivity contribution in [2.45, 2.75) is 18.9 Å². The molecule has 0 saturated carbocycles. The van der Waals surface area contributed by atoms with Gasteiger partial charge in [-0.15, -0.1) is 0 Å². The molecule has 108 valence electrons. The number of carbonyl (C=O) groups excluding carboxylic acids is 1. The van der Waals surface area contributed by atoms with Crippen molar-refractivity contribution >= 4 is 33.6 Å². The first-order valence-electron chi connectivity index (χ1n) is 6.24. The lowest BCUT2D eigenvalue weighted by atomic mass is 10.1. The number of amides is 2. The Morgan fingerprint density at radius 2 is 2.15 bits per heavy atom. The third-order valence-electron chi connectivity index (χ3n) is 3.13. The molecule has 20 heavy (non-hydrogen) atoms. The number of nitrogens with zero attached hydrogens (tertiary/aromatic N) is 1. The number of rotatable bonds is 2. The summed E-state index contributed by atoms with van der Waals surface area (Å²) in [5.41, 5.74) is 0.497. The molecule has 1 aliphatic heterocycles. The van der Waals surface area contributed by atoms with Crippen LogP contribution in [0.1, 0.15) is 23.2 Å². The van der Waals surface area contributed by atoms with Gasteiger partial charge in [-0.05, 0) is 47.0 Å². The fraction of sp³-hybridized carbons (Fsp3) is 0.385. The van der Waals surface area contributed by atoms with E-state index in [1.165, 1.54) is 11.0 Å². The lowest BCUT2D eigenvalue weighted by Gasteiger charge is -2.30. The summed E-state index contributed by atoms with van der Waals surface area (Å²) in [4.78, 5) is 24.6. The minimum atomic E-state index is -1.07. The summed E-state index contributed by atoms with van der Waals surface area (Å²) in [6, 6.07) is 4.26. The SMILES string of the molecule is O=C(O)c1cc(NC(=O)N2CCCC(O)C2)ccc1Br. The number of carboxylic acids is 1. The van der Waals surface area contributed by atoms with E-state index in [0.29, 0.717) is 29.7 Å². The number of hydrogen-bond donors (Lipinski definition) is 3. The first kappa shape index (κ1) is 14.8. The monoisotopic (exact) mass is 342 g/mol. The molecule has 7 heteroatoms. The van der Waals surface area contributed by atoms with Gasteiger partial charge in [-0.25, -0.2) is 9.59 Å². The number of likely N-dealkylation sites (tertiary alicyclic amines) is 1. The second-order valence-electron chi connectivity index (χ2n) is 4.67. The Morgan fingerprint density at radius 1 is 1.40 bits per heavy atom. The molecule has 0 aromatic heterocycles. The highest BCUT2D eigenvalue weighted by molar-refractivity contribution is 9.10. The topological polar surface area (TPSA) is 89.9 Å². The van der Waals surface area contributed by atoms with Crippen LogP contribution >= 0.6 is 15.9 Å². The van der Waals surface area contributed by atoms with Gasteiger partial charge in [-0.1, -0.05) is 0 Å². The van der Waals surface area contributed by atoms with Gasteiger partial charge in [-0.3, -0.25) is 0 Å². The van der Waals surface area contributed by atoms with Crippen LogP contribution in [0.25, 0.3) is 0 Å². The van der Waals surface area contributed by atoms with Crippen LogP contribution in [0, 0.1) is 0 Å². The number of aromatic carboxylic acids is 1. The van der Waals surface area contributed by atoms with Crippen LogP contribution in [0.15, 0.2) is 22.7 Å².